The van der Waals surface area contributed by atoms with Gasteiger partial charge in [0.2, 0.25) is 0 Å². The molecule has 0 N–H and O–H groups in total. The van der Waals surface area contributed by atoms with Crippen LogP contribution in [0.4, 0.5) is 0 Å². The Balaban J connectivity index is 1.84. The van der Waals surface area contributed by atoms with Gasteiger partial charge in [-0.3, -0.25) is 0 Å². The Morgan fingerprint density at radius 1 is 1.19 bits per heavy atom. The fraction of sp³-hybridized carbons (Fsp3) is 0.600. The van der Waals surface area contributed by atoms with E-state index in [2.05, 4.69) is 38.1 Å². The van der Waals surface area contributed by atoms with Crippen LogP contribution in [-0.4, -0.2) is 11.7 Å². The van der Waals surface area contributed by atoms with Gasteiger partial charge in [-0.2, -0.15) is 0 Å². The maximum atomic E-state index is 6.19. The third-order valence-electron chi connectivity index (χ3n) is 4.13. The first-order chi connectivity index (χ1) is 7.66. The molecular formula is C15H20O. The van der Waals surface area contributed by atoms with Crippen LogP contribution in [0.5, 0.6) is 0 Å². The van der Waals surface area contributed by atoms with Gasteiger partial charge in [-0.1, -0.05) is 24.3 Å². The van der Waals surface area contributed by atoms with Gasteiger partial charge < -0.3 is 4.74 Å². The Morgan fingerprint density at radius 3 is 2.75 bits per heavy atom. The molecule has 1 heterocycles. The number of aryl methyl sites for hydroxylation is 1. The first-order valence-corrected chi connectivity index (χ1v) is 6.41. The van der Waals surface area contributed by atoms with Crippen LogP contribution in [0.15, 0.2) is 24.3 Å². The standard InChI is InChI=1S/C15H20O/c1-15(2)10-9-14(16-15)13-8-7-11-5-3-4-6-12(11)13/h3-6,13-14H,7-10H2,1-2H3/t13-,14+/m0/s1. The molecule has 0 spiro atoms. The van der Waals surface area contributed by atoms with E-state index in [1.807, 2.05) is 0 Å². The van der Waals surface area contributed by atoms with Crippen molar-refractivity contribution in [1.82, 2.24) is 0 Å². The van der Waals surface area contributed by atoms with Crippen molar-refractivity contribution in [3.63, 3.8) is 0 Å². The lowest BCUT2D eigenvalue weighted by Gasteiger charge is -2.24. The van der Waals surface area contributed by atoms with Crippen LogP contribution in [0, 0.1) is 0 Å². The minimum Gasteiger partial charge on any atom is -0.372 e. The average molecular weight is 216 g/mol. The molecule has 1 saturated heterocycles. The molecule has 1 aromatic carbocycles. The molecule has 1 heteroatoms. The van der Waals surface area contributed by atoms with Crippen molar-refractivity contribution in [2.24, 2.45) is 0 Å². The molecule has 1 aromatic rings. The van der Waals surface area contributed by atoms with E-state index in [0.29, 0.717) is 12.0 Å². The van der Waals surface area contributed by atoms with Crippen LogP contribution in [-0.2, 0) is 11.2 Å². The Morgan fingerprint density at radius 2 is 2.00 bits per heavy atom. The van der Waals surface area contributed by atoms with Crippen LogP contribution in [0.25, 0.3) is 0 Å². The van der Waals surface area contributed by atoms with Crippen LogP contribution in [0.1, 0.15) is 50.2 Å². The lowest BCUT2D eigenvalue weighted by atomic mass is 9.93. The molecule has 0 amide bonds. The molecule has 0 radical (unpaired) electrons. The van der Waals surface area contributed by atoms with E-state index in [-0.39, 0.29) is 5.60 Å². The number of rotatable bonds is 1. The second-order valence-corrected chi connectivity index (χ2v) is 5.80. The second-order valence-electron chi connectivity index (χ2n) is 5.80. The molecule has 1 fully saturated rings. The van der Waals surface area contributed by atoms with E-state index >= 15 is 0 Å². The van der Waals surface area contributed by atoms with Gasteiger partial charge in [0.05, 0.1) is 11.7 Å². The van der Waals surface area contributed by atoms with Crippen LogP contribution >= 0.6 is 0 Å². The summed E-state index contributed by atoms with van der Waals surface area (Å²) in [6.07, 6.45) is 5.41. The summed E-state index contributed by atoms with van der Waals surface area (Å²) in [6, 6.07) is 8.88. The molecule has 2 atom stereocenters. The maximum absolute atomic E-state index is 6.19. The Kier molecular flexibility index (Phi) is 2.32. The summed E-state index contributed by atoms with van der Waals surface area (Å²) in [6.45, 7) is 4.43. The van der Waals surface area contributed by atoms with Gasteiger partial charge in [0, 0.05) is 5.92 Å². The lowest BCUT2D eigenvalue weighted by molar-refractivity contribution is -0.0263. The van der Waals surface area contributed by atoms with E-state index in [4.69, 9.17) is 4.74 Å². The van der Waals surface area contributed by atoms with E-state index in [9.17, 15) is 0 Å². The first kappa shape index (κ1) is 10.3. The molecule has 2 aliphatic rings. The van der Waals surface area contributed by atoms with Crippen molar-refractivity contribution >= 4 is 0 Å². The van der Waals surface area contributed by atoms with Gasteiger partial charge in [-0.15, -0.1) is 0 Å². The fourth-order valence-corrected chi connectivity index (χ4v) is 3.28. The Labute approximate surface area is 97.8 Å². The highest BCUT2D eigenvalue weighted by Gasteiger charge is 2.39. The molecule has 1 aliphatic heterocycles. The zero-order valence-corrected chi connectivity index (χ0v) is 10.2. The second kappa shape index (κ2) is 3.59. The Bertz CT molecular complexity index is 394. The maximum Gasteiger partial charge on any atom is 0.0652 e. The smallest absolute Gasteiger partial charge is 0.0652 e. The fourth-order valence-electron chi connectivity index (χ4n) is 3.28. The molecular weight excluding hydrogens is 196 g/mol. The quantitative estimate of drug-likeness (QED) is 0.696. The van der Waals surface area contributed by atoms with E-state index in [0.717, 1.165) is 0 Å². The molecule has 0 unspecified atom stereocenters. The van der Waals surface area contributed by atoms with Gasteiger partial charge in [-0.05, 0) is 50.7 Å². The van der Waals surface area contributed by atoms with Crippen molar-refractivity contribution in [1.29, 1.82) is 0 Å². The highest BCUT2D eigenvalue weighted by molar-refractivity contribution is 5.35. The summed E-state index contributed by atoms with van der Waals surface area (Å²) >= 11 is 0. The normalized spacial score (nSPS) is 31.6. The number of fused-ring (bicyclic) bond motifs is 1. The highest BCUT2D eigenvalue weighted by Crippen LogP contribution is 2.43. The molecule has 0 bridgehead atoms. The van der Waals surface area contributed by atoms with Gasteiger partial charge in [0.1, 0.15) is 0 Å². The third kappa shape index (κ3) is 1.67. The van der Waals surface area contributed by atoms with E-state index in [1.165, 1.54) is 25.7 Å². The molecule has 0 saturated carbocycles. The zero-order chi connectivity index (χ0) is 11.2. The summed E-state index contributed by atoms with van der Waals surface area (Å²) in [5.74, 6) is 0.651. The number of ether oxygens (including phenoxy) is 1. The van der Waals surface area contributed by atoms with E-state index < -0.39 is 0 Å². The largest absolute Gasteiger partial charge is 0.372 e. The van der Waals surface area contributed by atoms with Gasteiger partial charge in [-0.25, -0.2) is 0 Å². The van der Waals surface area contributed by atoms with Crippen molar-refractivity contribution in [2.75, 3.05) is 0 Å². The van der Waals surface area contributed by atoms with Gasteiger partial charge in [0.15, 0.2) is 0 Å². The Hall–Kier alpha value is -0.820. The molecule has 1 nitrogen and oxygen atoms in total. The van der Waals surface area contributed by atoms with Crippen LogP contribution in [0.2, 0.25) is 0 Å². The summed E-state index contributed by atoms with van der Waals surface area (Å²) in [4.78, 5) is 0. The van der Waals surface area contributed by atoms with Crippen molar-refractivity contribution in [3.05, 3.63) is 35.4 Å². The topological polar surface area (TPSA) is 9.23 Å². The summed E-state index contributed by atoms with van der Waals surface area (Å²) < 4.78 is 6.19. The monoisotopic (exact) mass is 216 g/mol. The highest BCUT2D eigenvalue weighted by atomic mass is 16.5. The molecule has 16 heavy (non-hydrogen) atoms. The molecule has 3 rings (SSSR count). The minimum absolute atomic E-state index is 0.0994. The van der Waals surface area contributed by atoms with Crippen molar-refractivity contribution in [2.45, 2.75) is 57.2 Å². The molecule has 1 aliphatic carbocycles. The molecule has 0 aromatic heterocycles. The summed E-state index contributed by atoms with van der Waals surface area (Å²) in [7, 11) is 0. The zero-order valence-electron chi connectivity index (χ0n) is 10.2. The van der Waals surface area contributed by atoms with E-state index in [1.54, 1.807) is 11.1 Å². The predicted molar refractivity (Wildman–Crippen MR) is 65.7 cm³/mol. The van der Waals surface area contributed by atoms with Crippen LogP contribution in [0.3, 0.4) is 0 Å². The first-order valence-electron chi connectivity index (χ1n) is 6.41. The predicted octanol–water partition coefficient (Wildman–Crippen LogP) is 3.67. The number of benzene rings is 1. The van der Waals surface area contributed by atoms with Gasteiger partial charge in [0.25, 0.3) is 0 Å². The SMILES string of the molecule is CC1(C)CC[C@H]([C@H]2CCc3ccccc32)O1. The number of hydrogen-bond acceptors (Lipinski definition) is 1. The van der Waals surface area contributed by atoms with Crippen molar-refractivity contribution in [3.8, 4) is 0 Å². The van der Waals surface area contributed by atoms with Gasteiger partial charge >= 0.3 is 0 Å². The lowest BCUT2D eigenvalue weighted by Crippen LogP contribution is -2.23. The summed E-state index contributed by atoms with van der Waals surface area (Å²) in [5.41, 5.74) is 3.19. The number of hydrogen-bond donors (Lipinski definition) is 0. The average Bonchev–Trinajstić information content (AvgIpc) is 2.81. The third-order valence-corrected chi connectivity index (χ3v) is 4.13. The summed E-state index contributed by atoms with van der Waals surface area (Å²) in [5, 5.41) is 0. The molecule has 86 valence electrons. The van der Waals surface area contributed by atoms with Crippen LogP contribution < -0.4 is 0 Å². The van der Waals surface area contributed by atoms with Crippen molar-refractivity contribution < 1.29 is 4.74 Å². The minimum atomic E-state index is 0.0994.